The van der Waals surface area contributed by atoms with Gasteiger partial charge in [0, 0.05) is 16.1 Å². The smallest absolute Gasteiger partial charge is 0.0454 e. The highest BCUT2D eigenvalue weighted by Crippen LogP contribution is 2.26. The van der Waals surface area contributed by atoms with E-state index >= 15 is 0 Å². The van der Waals surface area contributed by atoms with Crippen molar-refractivity contribution in [1.82, 2.24) is 0 Å². The average molecular weight is 241 g/mol. The fraction of sp³-hybridized carbons (Fsp3) is 0.333. The van der Waals surface area contributed by atoms with Crippen molar-refractivity contribution in [2.24, 2.45) is 5.73 Å². The minimum atomic E-state index is -0.0174. The third kappa shape index (κ3) is 3.35. The molecule has 74 valence electrons. The molecule has 0 spiro atoms. The molecule has 2 N–H and O–H groups in total. The van der Waals surface area contributed by atoms with Crippen LogP contribution in [0, 0.1) is 0 Å². The van der Waals surface area contributed by atoms with Crippen molar-refractivity contribution in [2.75, 3.05) is 0 Å². The quantitative estimate of drug-likeness (QED) is 0.835. The summed E-state index contributed by atoms with van der Waals surface area (Å²) in [6, 6.07) is 5.33. The second-order valence-electron chi connectivity index (χ2n) is 2.68. The first-order valence-corrected chi connectivity index (χ1v) is 4.61. The van der Waals surface area contributed by atoms with E-state index in [2.05, 4.69) is 0 Å². The van der Waals surface area contributed by atoms with Crippen LogP contribution in [0.1, 0.15) is 24.9 Å². The van der Waals surface area contributed by atoms with Crippen molar-refractivity contribution < 1.29 is 0 Å². The van der Waals surface area contributed by atoms with E-state index in [0.29, 0.717) is 10.0 Å². The van der Waals surface area contributed by atoms with Crippen molar-refractivity contribution in [3.8, 4) is 0 Å². The van der Waals surface area contributed by atoms with Crippen LogP contribution in [0.2, 0.25) is 10.0 Å². The molecule has 1 nitrogen and oxygen atoms in total. The van der Waals surface area contributed by atoms with Gasteiger partial charge in [-0.25, -0.2) is 0 Å². The first kappa shape index (κ1) is 13.1. The molecular weight excluding hydrogens is 228 g/mol. The zero-order valence-corrected chi connectivity index (χ0v) is 9.59. The van der Waals surface area contributed by atoms with E-state index in [1.165, 1.54) is 0 Å². The molecule has 0 saturated carbocycles. The average Bonchev–Trinajstić information content (AvgIpc) is 2.08. The third-order valence-corrected chi connectivity index (χ3v) is 2.38. The van der Waals surface area contributed by atoms with Crippen LogP contribution in [0.25, 0.3) is 0 Å². The number of rotatable bonds is 2. The topological polar surface area (TPSA) is 26.0 Å². The predicted molar refractivity (Wildman–Crippen MR) is 60.9 cm³/mol. The number of hydrogen-bond acceptors (Lipinski definition) is 1. The van der Waals surface area contributed by atoms with Crippen LogP contribution in [0.15, 0.2) is 18.2 Å². The van der Waals surface area contributed by atoms with Crippen LogP contribution in [-0.2, 0) is 0 Å². The second-order valence-corrected chi connectivity index (χ2v) is 3.52. The zero-order chi connectivity index (χ0) is 9.14. The third-order valence-electron chi connectivity index (χ3n) is 1.80. The molecule has 0 fully saturated rings. The maximum atomic E-state index is 5.93. The molecule has 0 aliphatic heterocycles. The Kier molecular flexibility index (Phi) is 5.73. The Morgan fingerprint density at radius 2 is 2.00 bits per heavy atom. The van der Waals surface area contributed by atoms with Crippen LogP contribution in [0.5, 0.6) is 0 Å². The monoisotopic (exact) mass is 239 g/mol. The number of halogens is 3. The summed E-state index contributed by atoms with van der Waals surface area (Å²) in [6.45, 7) is 2.02. The standard InChI is InChI=1S/C9H11Cl2N.ClH/c1-2-9(12)7-5-6(10)3-4-8(7)11;/h3-5,9H,2,12H2,1H3;1H/t9-;/m0./s1. The second kappa shape index (κ2) is 5.71. The molecule has 13 heavy (non-hydrogen) atoms. The molecule has 0 aliphatic rings. The van der Waals surface area contributed by atoms with Gasteiger partial charge in [-0.2, -0.15) is 0 Å². The Morgan fingerprint density at radius 3 is 2.54 bits per heavy atom. The molecule has 4 heteroatoms. The first-order valence-electron chi connectivity index (χ1n) is 3.85. The molecular formula is C9H12Cl3N. The highest BCUT2D eigenvalue weighted by Gasteiger charge is 2.07. The molecule has 0 unspecified atom stereocenters. The van der Waals surface area contributed by atoms with E-state index in [1.54, 1.807) is 12.1 Å². The minimum absolute atomic E-state index is 0. The Balaban J connectivity index is 0.00000144. The lowest BCUT2D eigenvalue weighted by Crippen LogP contribution is -2.08. The molecule has 0 aliphatic carbocycles. The Hall–Kier alpha value is 0.0500. The lowest BCUT2D eigenvalue weighted by Gasteiger charge is -2.10. The van der Waals surface area contributed by atoms with Crippen LogP contribution >= 0.6 is 35.6 Å². The molecule has 0 amide bonds. The minimum Gasteiger partial charge on any atom is -0.324 e. The molecule has 1 rings (SSSR count). The van der Waals surface area contributed by atoms with Gasteiger partial charge in [-0.05, 0) is 30.2 Å². The summed E-state index contributed by atoms with van der Waals surface area (Å²) in [5, 5.41) is 1.37. The summed E-state index contributed by atoms with van der Waals surface area (Å²) in [7, 11) is 0. The highest BCUT2D eigenvalue weighted by molar-refractivity contribution is 6.33. The Bertz CT molecular complexity index is 276. The molecule has 1 aromatic rings. The molecule has 0 saturated heterocycles. The summed E-state index contributed by atoms with van der Waals surface area (Å²) >= 11 is 11.7. The van der Waals surface area contributed by atoms with Crippen molar-refractivity contribution in [1.29, 1.82) is 0 Å². The van der Waals surface area contributed by atoms with Gasteiger partial charge < -0.3 is 5.73 Å². The summed E-state index contributed by atoms with van der Waals surface area (Å²) in [5.74, 6) is 0. The SMILES string of the molecule is CC[C@H](N)c1cc(Cl)ccc1Cl.Cl. The van der Waals surface area contributed by atoms with Gasteiger partial charge in [-0.3, -0.25) is 0 Å². The number of nitrogens with two attached hydrogens (primary N) is 1. The van der Waals surface area contributed by atoms with Gasteiger partial charge in [0.15, 0.2) is 0 Å². The van der Waals surface area contributed by atoms with Gasteiger partial charge >= 0.3 is 0 Å². The molecule has 1 atom stereocenters. The van der Waals surface area contributed by atoms with E-state index in [0.717, 1.165) is 12.0 Å². The van der Waals surface area contributed by atoms with Crippen LogP contribution in [0.3, 0.4) is 0 Å². The van der Waals surface area contributed by atoms with Gasteiger partial charge in [0.25, 0.3) is 0 Å². The van der Waals surface area contributed by atoms with Crippen molar-refractivity contribution in [2.45, 2.75) is 19.4 Å². The van der Waals surface area contributed by atoms with Crippen LogP contribution in [-0.4, -0.2) is 0 Å². The van der Waals surface area contributed by atoms with E-state index < -0.39 is 0 Å². The maximum Gasteiger partial charge on any atom is 0.0454 e. The van der Waals surface area contributed by atoms with E-state index in [1.807, 2.05) is 13.0 Å². The van der Waals surface area contributed by atoms with Crippen molar-refractivity contribution >= 4 is 35.6 Å². The lowest BCUT2D eigenvalue weighted by molar-refractivity contribution is 0.699. The fourth-order valence-corrected chi connectivity index (χ4v) is 1.46. The maximum absolute atomic E-state index is 5.93. The first-order chi connectivity index (χ1) is 5.65. The van der Waals surface area contributed by atoms with Crippen molar-refractivity contribution in [3.05, 3.63) is 33.8 Å². The zero-order valence-electron chi connectivity index (χ0n) is 7.26. The molecule has 0 aromatic heterocycles. The van der Waals surface area contributed by atoms with E-state index in [-0.39, 0.29) is 18.4 Å². The van der Waals surface area contributed by atoms with Crippen LogP contribution < -0.4 is 5.73 Å². The van der Waals surface area contributed by atoms with Gasteiger partial charge in [0.2, 0.25) is 0 Å². The molecule has 0 heterocycles. The largest absolute Gasteiger partial charge is 0.324 e. The fourth-order valence-electron chi connectivity index (χ4n) is 1.02. The molecule has 0 bridgehead atoms. The van der Waals surface area contributed by atoms with Gasteiger partial charge in [-0.15, -0.1) is 12.4 Å². The number of benzene rings is 1. The van der Waals surface area contributed by atoms with E-state index in [4.69, 9.17) is 28.9 Å². The van der Waals surface area contributed by atoms with Gasteiger partial charge in [0.05, 0.1) is 0 Å². The molecule has 1 aromatic carbocycles. The van der Waals surface area contributed by atoms with Crippen LogP contribution in [0.4, 0.5) is 0 Å². The highest BCUT2D eigenvalue weighted by atomic mass is 35.5. The van der Waals surface area contributed by atoms with E-state index in [9.17, 15) is 0 Å². The summed E-state index contributed by atoms with van der Waals surface area (Å²) in [4.78, 5) is 0. The van der Waals surface area contributed by atoms with Gasteiger partial charge in [-0.1, -0.05) is 30.1 Å². The predicted octanol–water partition coefficient (Wildman–Crippen LogP) is 3.83. The Labute approximate surface area is 94.6 Å². The normalized spacial score (nSPS) is 12.0. The summed E-state index contributed by atoms with van der Waals surface area (Å²) in [6.07, 6.45) is 0.861. The number of hydrogen-bond donors (Lipinski definition) is 1. The lowest BCUT2D eigenvalue weighted by atomic mass is 10.1. The van der Waals surface area contributed by atoms with Crippen molar-refractivity contribution in [3.63, 3.8) is 0 Å². The van der Waals surface area contributed by atoms with Gasteiger partial charge in [0.1, 0.15) is 0 Å². The summed E-state index contributed by atoms with van der Waals surface area (Å²) < 4.78 is 0. The molecule has 0 radical (unpaired) electrons. The summed E-state index contributed by atoms with van der Waals surface area (Å²) in [5.41, 5.74) is 6.74. The Morgan fingerprint density at radius 1 is 1.38 bits per heavy atom.